The van der Waals surface area contributed by atoms with Gasteiger partial charge in [-0.05, 0) is 37.8 Å². The number of fused-ring (bicyclic) bond motifs is 1. The van der Waals surface area contributed by atoms with E-state index in [-0.39, 0.29) is 29.4 Å². The second-order valence-corrected chi connectivity index (χ2v) is 8.45. The largest absolute Gasteiger partial charge is 0.469 e. The molecule has 0 bridgehead atoms. The first kappa shape index (κ1) is 15.3. The first-order valence-corrected chi connectivity index (χ1v) is 9.47. The molecule has 1 aromatic heterocycles. The first-order valence-electron chi connectivity index (χ1n) is 7.97. The van der Waals surface area contributed by atoms with E-state index < -0.39 is 15.8 Å². The van der Waals surface area contributed by atoms with Crippen molar-refractivity contribution in [3.8, 4) is 5.88 Å². The van der Waals surface area contributed by atoms with Gasteiger partial charge in [0.2, 0.25) is 10.0 Å². The van der Waals surface area contributed by atoms with Crippen molar-refractivity contribution >= 4 is 10.0 Å². The van der Waals surface area contributed by atoms with Crippen LogP contribution in [-0.4, -0.2) is 54.4 Å². The van der Waals surface area contributed by atoms with Crippen molar-refractivity contribution in [3.63, 3.8) is 0 Å². The van der Waals surface area contributed by atoms with E-state index in [0.717, 1.165) is 12.8 Å². The molecule has 0 spiro atoms. The van der Waals surface area contributed by atoms with Gasteiger partial charge in [0.15, 0.2) is 5.82 Å². The summed E-state index contributed by atoms with van der Waals surface area (Å²) in [5, 5.41) is -0.227. The Morgan fingerprint density at radius 2 is 2.13 bits per heavy atom. The summed E-state index contributed by atoms with van der Waals surface area (Å²) in [4.78, 5) is 3.90. The van der Waals surface area contributed by atoms with Gasteiger partial charge in [0.1, 0.15) is 12.2 Å². The zero-order valence-corrected chi connectivity index (χ0v) is 13.4. The normalized spacial score (nSPS) is 31.8. The smallest absolute Gasteiger partial charge is 0.250 e. The van der Waals surface area contributed by atoms with Crippen LogP contribution >= 0.6 is 0 Å². The quantitative estimate of drug-likeness (QED) is 0.826. The highest BCUT2D eigenvalue weighted by Crippen LogP contribution is 2.39. The number of sulfonamides is 1. The summed E-state index contributed by atoms with van der Waals surface area (Å²) in [7, 11) is -3.24. The third kappa shape index (κ3) is 2.72. The van der Waals surface area contributed by atoms with E-state index in [9.17, 15) is 12.8 Å². The number of ether oxygens (including phenoxy) is 2. The average molecular weight is 342 g/mol. The topological polar surface area (TPSA) is 68.7 Å². The molecule has 3 atom stereocenters. The zero-order valence-electron chi connectivity index (χ0n) is 12.6. The zero-order chi connectivity index (χ0) is 16.0. The van der Waals surface area contributed by atoms with Gasteiger partial charge >= 0.3 is 0 Å². The Bertz CT molecular complexity index is 694. The van der Waals surface area contributed by atoms with E-state index in [1.807, 2.05) is 0 Å². The summed E-state index contributed by atoms with van der Waals surface area (Å²) in [6.45, 7) is 0.738. The lowest BCUT2D eigenvalue weighted by molar-refractivity contribution is -0.0675. The van der Waals surface area contributed by atoms with Crippen molar-refractivity contribution in [2.45, 2.75) is 49.2 Å². The fourth-order valence-corrected chi connectivity index (χ4v) is 5.53. The highest BCUT2D eigenvalue weighted by molar-refractivity contribution is 7.90. The molecule has 23 heavy (non-hydrogen) atoms. The lowest BCUT2D eigenvalue weighted by atomic mass is 10.1. The predicted octanol–water partition coefficient (Wildman–Crippen LogP) is 1.32. The molecule has 4 rings (SSSR count). The molecule has 0 unspecified atom stereocenters. The van der Waals surface area contributed by atoms with Gasteiger partial charge in [-0.1, -0.05) is 0 Å². The van der Waals surface area contributed by atoms with Crippen molar-refractivity contribution in [2.24, 2.45) is 0 Å². The van der Waals surface area contributed by atoms with Crippen LogP contribution in [0.1, 0.15) is 25.7 Å². The predicted molar refractivity (Wildman–Crippen MR) is 80.0 cm³/mol. The minimum Gasteiger partial charge on any atom is -0.469 e. The van der Waals surface area contributed by atoms with Crippen LogP contribution in [0.2, 0.25) is 0 Å². The molecule has 1 aliphatic heterocycles. The second-order valence-electron chi connectivity index (χ2n) is 6.28. The van der Waals surface area contributed by atoms with Gasteiger partial charge in [0.05, 0.1) is 17.9 Å². The first-order chi connectivity index (χ1) is 11.1. The fourth-order valence-electron chi connectivity index (χ4n) is 3.48. The standard InChI is InChI=1S/C15H19FN2O4S/c16-11-2-1-7-17-15(11)22-13-6-5-12-14(13)21-9-8-18(12)23(19,20)10-3-4-10/h1-2,7,10,12-14H,3-6,8-9H2/t12-,13+,14+/m0/s1. The van der Waals surface area contributed by atoms with Gasteiger partial charge < -0.3 is 9.47 Å². The van der Waals surface area contributed by atoms with E-state index in [0.29, 0.717) is 26.0 Å². The number of hydrogen-bond donors (Lipinski definition) is 0. The molecule has 0 radical (unpaired) electrons. The lowest BCUT2D eigenvalue weighted by Gasteiger charge is -2.38. The number of hydrogen-bond acceptors (Lipinski definition) is 5. The summed E-state index contributed by atoms with van der Waals surface area (Å²) in [6, 6.07) is 2.58. The fraction of sp³-hybridized carbons (Fsp3) is 0.667. The second kappa shape index (κ2) is 5.68. The van der Waals surface area contributed by atoms with E-state index in [4.69, 9.17) is 9.47 Å². The maximum absolute atomic E-state index is 13.7. The molecule has 2 aliphatic carbocycles. The van der Waals surface area contributed by atoms with Crippen LogP contribution in [-0.2, 0) is 14.8 Å². The number of pyridine rings is 1. The van der Waals surface area contributed by atoms with Crippen LogP contribution in [0.15, 0.2) is 18.3 Å². The molecule has 0 amide bonds. The van der Waals surface area contributed by atoms with Gasteiger partial charge in [0, 0.05) is 12.7 Å². The number of rotatable bonds is 4. The SMILES string of the molecule is O=S(=O)(C1CC1)N1CCO[C@H]2[C@H](Oc3ncccc3F)CC[C@@H]21. The highest BCUT2D eigenvalue weighted by Gasteiger charge is 2.51. The Hall–Kier alpha value is -1.25. The Morgan fingerprint density at radius 1 is 1.30 bits per heavy atom. The van der Waals surface area contributed by atoms with E-state index >= 15 is 0 Å². The summed E-state index contributed by atoms with van der Waals surface area (Å²) in [5.41, 5.74) is 0. The van der Waals surface area contributed by atoms with E-state index in [1.165, 1.54) is 18.3 Å². The van der Waals surface area contributed by atoms with Crippen LogP contribution in [0.25, 0.3) is 0 Å². The molecule has 2 saturated carbocycles. The molecule has 1 saturated heterocycles. The molecule has 6 nitrogen and oxygen atoms in total. The van der Waals surface area contributed by atoms with Crippen LogP contribution in [0, 0.1) is 5.82 Å². The van der Waals surface area contributed by atoms with Crippen molar-refractivity contribution in [1.82, 2.24) is 9.29 Å². The molecule has 8 heteroatoms. The Morgan fingerprint density at radius 3 is 2.87 bits per heavy atom. The van der Waals surface area contributed by atoms with Crippen molar-refractivity contribution in [3.05, 3.63) is 24.1 Å². The van der Waals surface area contributed by atoms with E-state index in [2.05, 4.69) is 4.98 Å². The third-order valence-electron chi connectivity index (χ3n) is 4.74. The molecular weight excluding hydrogens is 323 g/mol. The van der Waals surface area contributed by atoms with Crippen LogP contribution in [0.4, 0.5) is 4.39 Å². The number of morpholine rings is 1. The number of nitrogens with zero attached hydrogens (tertiary/aromatic N) is 2. The van der Waals surface area contributed by atoms with Gasteiger partial charge in [0.25, 0.3) is 5.88 Å². The molecule has 126 valence electrons. The van der Waals surface area contributed by atoms with Gasteiger partial charge in [-0.15, -0.1) is 0 Å². The Labute approximate surface area is 134 Å². The van der Waals surface area contributed by atoms with Gasteiger partial charge in [-0.3, -0.25) is 0 Å². The molecule has 3 aliphatic rings. The lowest BCUT2D eigenvalue weighted by Crippen LogP contribution is -2.55. The molecule has 0 aromatic carbocycles. The monoisotopic (exact) mass is 342 g/mol. The molecular formula is C15H19FN2O4S. The van der Waals surface area contributed by atoms with Gasteiger partial charge in [-0.25, -0.2) is 17.8 Å². The van der Waals surface area contributed by atoms with Crippen LogP contribution in [0.5, 0.6) is 5.88 Å². The average Bonchev–Trinajstić information content (AvgIpc) is 3.33. The minimum absolute atomic E-state index is 0.0519. The maximum Gasteiger partial charge on any atom is 0.250 e. The number of aromatic nitrogens is 1. The Balaban J connectivity index is 1.52. The van der Waals surface area contributed by atoms with Crippen LogP contribution in [0.3, 0.4) is 0 Å². The maximum atomic E-state index is 13.7. The minimum atomic E-state index is -3.24. The molecule has 1 aromatic rings. The summed E-state index contributed by atoms with van der Waals surface area (Å²) in [5.74, 6) is -0.571. The Kier molecular flexibility index (Phi) is 3.78. The van der Waals surface area contributed by atoms with Crippen molar-refractivity contribution < 1.29 is 22.3 Å². The van der Waals surface area contributed by atoms with Crippen molar-refractivity contribution in [1.29, 1.82) is 0 Å². The summed E-state index contributed by atoms with van der Waals surface area (Å²) >= 11 is 0. The summed E-state index contributed by atoms with van der Waals surface area (Å²) in [6.07, 6.45) is 3.51. The molecule has 0 N–H and O–H groups in total. The van der Waals surface area contributed by atoms with Crippen molar-refractivity contribution in [2.75, 3.05) is 13.2 Å². The van der Waals surface area contributed by atoms with E-state index in [1.54, 1.807) is 4.31 Å². The molecule has 3 fully saturated rings. The summed E-state index contributed by atoms with van der Waals surface area (Å²) < 4.78 is 51.9. The third-order valence-corrected chi connectivity index (χ3v) is 7.17. The number of halogens is 1. The van der Waals surface area contributed by atoms with Gasteiger partial charge in [-0.2, -0.15) is 4.31 Å². The van der Waals surface area contributed by atoms with Crippen LogP contribution < -0.4 is 4.74 Å². The highest BCUT2D eigenvalue weighted by atomic mass is 32.2. The molecule has 2 heterocycles.